The minimum Gasteiger partial charge on any atom is -0.465 e. The number of rotatable bonds is 4. The molecule has 0 saturated heterocycles. The lowest BCUT2D eigenvalue weighted by atomic mass is 10.1. The number of esters is 1. The van der Waals surface area contributed by atoms with Gasteiger partial charge in [0.25, 0.3) is 0 Å². The Morgan fingerprint density at radius 3 is 2.88 bits per heavy atom. The van der Waals surface area contributed by atoms with Crippen LogP contribution in [0.4, 0.5) is 5.69 Å². The maximum Gasteiger partial charge on any atom is 0.339 e. The van der Waals surface area contributed by atoms with Gasteiger partial charge in [0.05, 0.1) is 12.7 Å². The highest BCUT2D eigenvalue weighted by atomic mass is 16.5. The third-order valence-electron chi connectivity index (χ3n) is 2.25. The van der Waals surface area contributed by atoms with E-state index in [0.717, 1.165) is 18.4 Å². The molecule has 1 aromatic carbocycles. The molecule has 2 N–H and O–H groups in total. The van der Waals surface area contributed by atoms with Crippen LogP contribution in [0.2, 0.25) is 0 Å². The molecule has 0 spiro atoms. The summed E-state index contributed by atoms with van der Waals surface area (Å²) >= 11 is 0. The summed E-state index contributed by atoms with van der Waals surface area (Å²) in [5, 5.41) is 0. The van der Waals surface area contributed by atoms with Crippen molar-refractivity contribution in [3.8, 4) is 0 Å². The molecule has 0 amide bonds. The molecule has 1 rings (SSSR count). The Bertz CT molecular complexity index is 397. The Kier molecular flexibility index (Phi) is 4.58. The first-order valence-electron chi connectivity index (χ1n) is 5.33. The van der Waals surface area contributed by atoms with E-state index in [-0.39, 0.29) is 0 Å². The van der Waals surface area contributed by atoms with E-state index in [4.69, 9.17) is 5.73 Å². The van der Waals surface area contributed by atoms with Crippen LogP contribution in [-0.2, 0) is 4.74 Å². The number of benzene rings is 1. The van der Waals surface area contributed by atoms with Gasteiger partial charge >= 0.3 is 5.97 Å². The first-order chi connectivity index (χ1) is 7.69. The average molecular weight is 219 g/mol. The van der Waals surface area contributed by atoms with Crippen LogP contribution < -0.4 is 5.73 Å². The Morgan fingerprint density at radius 2 is 2.25 bits per heavy atom. The van der Waals surface area contributed by atoms with Crippen LogP contribution in [0, 0.1) is 0 Å². The number of ether oxygens (including phenoxy) is 1. The summed E-state index contributed by atoms with van der Waals surface area (Å²) in [6.45, 7) is 2.12. The van der Waals surface area contributed by atoms with Gasteiger partial charge in [-0.15, -0.1) is 0 Å². The third kappa shape index (κ3) is 3.12. The van der Waals surface area contributed by atoms with Gasteiger partial charge < -0.3 is 10.5 Å². The number of nitrogens with two attached hydrogens (primary N) is 1. The van der Waals surface area contributed by atoms with Gasteiger partial charge in [0.1, 0.15) is 0 Å². The zero-order valence-corrected chi connectivity index (χ0v) is 9.69. The predicted octanol–water partition coefficient (Wildman–Crippen LogP) is 2.87. The van der Waals surface area contributed by atoms with Gasteiger partial charge in [-0.05, 0) is 24.1 Å². The van der Waals surface area contributed by atoms with Crippen molar-refractivity contribution in [2.24, 2.45) is 0 Å². The highest BCUT2D eigenvalue weighted by Crippen LogP contribution is 2.16. The molecule has 86 valence electrons. The predicted molar refractivity (Wildman–Crippen MR) is 66.1 cm³/mol. The highest BCUT2D eigenvalue weighted by Gasteiger charge is 2.09. The lowest BCUT2D eigenvalue weighted by molar-refractivity contribution is 0.0602. The van der Waals surface area contributed by atoms with Crippen LogP contribution in [0.25, 0.3) is 6.08 Å². The van der Waals surface area contributed by atoms with E-state index in [1.165, 1.54) is 7.11 Å². The number of hydrogen-bond donors (Lipinski definition) is 1. The van der Waals surface area contributed by atoms with Crippen molar-refractivity contribution >= 4 is 17.7 Å². The number of allylic oxidation sites excluding steroid dienone is 1. The summed E-state index contributed by atoms with van der Waals surface area (Å²) in [6.07, 6.45) is 6.19. The number of nitrogen functional groups attached to an aromatic ring is 1. The van der Waals surface area contributed by atoms with Gasteiger partial charge in [0.15, 0.2) is 0 Å². The van der Waals surface area contributed by atoms with Crippen molar-refractivity contribution in [2.45, 2.75) is 19.8 Å². The molecule has 0 aliphatic carbocycles. The summed E-state index contributed by atoms with van der Waals surface area (Å²) in [5.41, 5.74) is 7.52. The molecule has 0 fully saturated rings. The topological polar surface area (TPSA) is 52.3 Å². The monoisotopic (exact) mass is 219 g/mol. The van der Waals surface area contributed by atoms with Crippen molar-refractivity contribution in [1.29, 1.82) is 0 Å². The lowest BCUT2D eigenvalue weighted by Crippen LogP contribution is -2.05. The van der Waals surface area contributed by atoms with Crippen LogP contribution in [0.5, 0.6) is 0 Å². The van der Waals surface area contributed by atoms with Crippen LogP contribution in [0.1, 0.15) is 35.7 Å². The van der Waals surface area contributed by atoms with Gasteiger partial charge in [-0.3, -0.25) is 0 Å². The molecule has 0 bridgehead atoms. The molecule has 0 aliphatic heterocycles. The van der Waals surface area contributed by atoms with Crippen LogP contribution in [-0.4, -0.2) is 13.1 Å². The van der Waals surface area contributed by atoms with Gasteiger partial charge in [-0.25, -0.2) is 4.79 Å². The minimum atomic E-state index is -0.400. The molecule has 3 heteroatoms. The minimum absolute atomic E-state index is 0.400. The zero-order valence-electron chi connectivity index (χ0n) is 9.69. The molecule has 0 atom stereocenters. The summed E-state index contributed by atoms with van der Waals surface area (Å²) in [7, 11) is 1.35. The summed E-state index contributed by atoms with van der Waals surface area (Å²) < 4.78 is 4.65. The average Bonchev–Trinajstić information content (AvgIpc) is 2.30. The molecular formula is C13H17NO2. The second-order valence-electron chi connectivity index (χ2n) is 3.53. The van der Waals surface area contributed by atoms with Crippen LogP contribution >= 0.6 is 0 Å². The van der Waals surface area contributed by atoms with Gasteiger partial charge in [0, 0.05) is 5.69 Å². The van der Waals surface area contributed by atoms with Gasteiger partial charge in [0.2, 0.25) is 0 Å². The second-order valence-corrected chi connectivity index (χ2v) is 3.53. The first-order valence-corrected chi connectivity index (χ1v) is 5.33. The summed E-state index contributed by atoms with van der Waals surface area (Å²) in [4.78, 5) is 11.4. The highest BCUT2D eigenvalue weighted by molar-refractivity contribution is 5.95. The lowest BCUT2D eigenvalue weighted by Gasteiger charge is -2.04. The molecule has 0 aromatic heterocycles. The molecule has 0 radical (unpaired) electrons. The fourth-order valence-electron chi connectivity index (χ4n) is 1.35. The fraction of sp³-hybridized carbons (Fsp3) is 0.308. The SMILES string of the molecule is CCC/C=C/c1ccc(N)c(C(=O)OC)c1. The van der Waals surface area contributed by atoms with Crippen LogP contribution in [0.15, 0.2) is 24.3 Å². The van der Waals surface area contributed by atoms with E-state index in [2.05, 4.69) is 17.7 Å². The zero-order chi connectivity index (χ0) is 12.0. The van der Waals surface area contributed by atoms with Gasteiger partial charge in [-0.1, -0.05) is 31.6 Å². The van der Waals surface area contributed by atoms with E-state index < -0.39 is 5.97 Å². The molecule has 1 aromatic rings. The number of methoxy groups -OCH3 is 1. The second kappa shape index (κ2) is 5.95. The molecule has 0 unspecified atom stereocenters. The number of anilines is 1. The fourth-order valence-corrected chi connectivity index (χ4v) is 1.35. The van der Waals surface area contributed by atoms with Crippen molar-refractivity contribution in [3.05, 3.63) is 35.4 Å². The van der Waals surface area contributed by atoms with Crippen molar-refractivity contribution < 1.29 is 9.53 Å². The summed E-state index contributed by atoms with van der Waals surface area (Å²) in [6, 6.07) is 5.35. The quantitative estimate of drug-likeness (QED) is 0.625. The van der Waals surface area contributed by atoms with Crippen molar-refractivity contribution in [1.82, 2.24) is 0 Å². The van der Waals surface area contributed by atoms with E-state index in [1.807, 2.05) is 12.1 Å². The normalized spacial score (nSPS) is 10.6. The standard InChI is InChI=1S/C13H17NO2/c1-3-4-5-6-10-7-8-12(14)11(9-10)13(15)16-2/h5-9H,3-4,14H2,1-2H3/b6-5+. The number of hydrogen-bond acceptors (Lipinski definition) is 3. The summed E-state index contributed by atoms with van der Waals surface area (Å²) in [5.74, 6) is -0.400. The van der Waals surface area contributed by atoms with Crippen LogP contribution in [0.3, 0.4) is 0 Å². The molecule has 0 saturated carbocycles. The van der Waals surface area contributed by atoms with E-state index in [0.29, 0.717) is 11.3 Å². The molecule has 16 heavy (non-hydrogen) atoms. The Hall–Kier alpha value is -1.77. The largest absolute Gasteiger partial charge is 0.465 e. The van der Waals surface area contributed by atoms with Gasteiger partial charge in [-0.2, -0.15) is 0 Å². The van der Waals surface area contributed by atoms with Crippen molar-refractivity contribution in [2.75, 3.05) is 12.8 Å². The smallest absolute Gasteiger partial charge is 0.339 e. The van der Waals surface area contributed by atoms with E-state index in [9.17, 15) is 4.79 Å². The molecule has 0 heterocycles. The Morgan fingerprint density at radius 1 is 1.50 bits per heavy atom. The molecule has 3 nitrogen and oxygen atoms in total. The number of carbonyl (C=O) groups excluding carboxylic acids is 1. The van der Waals surface area contributed by atoms with E-state index in [1.54, 1.807) is 12.1 Å². The Balaban J connectivity index is 2.93. The third-order valence-corrected chi connectivity index (χ3v) is 2.25. The van der Waals surface area contributed by atoms with E-state index >= 15 is 0 Å². The Labute approximate surface area is 95.9 Å². The molecule has 0 aliphatic rings. The molecular weight excluding hydrogens is 202 g/mol. The van der Waals surface area contributed by atoms with Crippen molar-refractivity contribution in [3.63, 3.8) is 0 Å². The number of carbonyl (C=O) groups is 1. The maximum atomic E-state index is 11.4. The maximum absolute atomic E-state index is 11.4. The first kappa shape index (κ1) is 12.3. The number of unbranched alkanes of at least 4 members (excludes halogenated alkanes) is 1.